The first-order valence-corrected chi connectivity index (χ1v) is 11.2. The molecule has 0 aliphatic heterocycles. The zero-order chi connectivity index (χ0) is 21.1. The van der Waals surface area contributed by atoms with Crippen molar-refractivity contribution >= 4 is 21.4 Å². The number of ether oxygens (including phenoxy) is 1. The van der Waals surface area contributed by atoms with Crippen LogP contribution in [0.3, 0.4) is 0 Å². The lowest BCUT2D eigenvalue weighted by atomic mass is 10.1. The van der Waals surface area contributed by atoms with E-state index in [-0.39, 0.29) is 11.5 Å². The first-order chi connectivity index (χ1) is 14.4. The Morgan fingerprint density at radius 2 is 1.70 bits per heavy atom. The largest absolute Gasteiger partial charge is 0.484 e. The van der Waals surface area contributed by atoms with Crippen LogP contribution in [0.2, 0.25) is 5.02 Å². The molecule has 0 radical (unpaired) electrons. The van der Waals surface area contributed by atoms with Gasteiger partial charge in [0.05, 0.1) is 15.6 Å². The van der Waals surface area contributed by atoms with E-state index >= 15 is 0 Å². The van der Waals surface area contributed by atoms with Crippen LogP contribution in [0.25, 0.3) is 16.8 Å². The predicted molar refractivity (Wildman–Crippen MR) is 113 cm³/mol. The minimum Gasteiger partial charge on any atom is -0.484 e. The van der Waals surface area contributed by atoms with Gasteiger partial charge in [-0.1, -0.05) is 48.0 Å². The van der Waals surface area contributed by atoms with Gasteiger partial charge in [-0.25, -0.2) is 8.42 Å². The molecule has 1 heterocycles. The number of benzene rings is 3. The Kier molecular flexibility index (Phi) is 5.52. The molecule has 1 aromatic heterocycles. The van der Waals surface area contributed by atoms with Gasteiger partial charge in [-0.3, -0.25) is 0 Å². The lowest BCUT2D eigenvalue weighted by molar-refractivity contribution is 0.292. The van der Waals surface area contributed by atoms with Gasteiger partial charge in [0.15, 0.2) is 15.7 Å². The van der Waals surface area contributed by atoms with Crippen LogP contribution in [0.15, 0.2) is 77.7 Å². The third-order valence-corrected chi connectivity index (χ3v) is 5.86. The van der Waals surface area contributed by atoms with Crippen molar-refractivity contribution in [2.24, 2.45) is 0 Å². The smallest absolute Gasteiger partial charge is 0.194 e. The molecule has 7 nitrogen and oxygen atoms in total. The highest BCUT2D eigenvalue weighted by molar-refractivity contribution is 7.90. The number of hydrogen-bond donors (Lipinski definition) is 0. The summed E-state index contributed by atoms with van der Waals surface area (Å²) in [6.07, 6.45) is 1.16. The van der Waals surface area contributed by atoms with E-state index in [4.69, 9.17) is 16.3 Å². The maximum Gasteiger partial charge on any atom is 0.194 e. The van der Waals surface area contributed by atoms with Crippen LogP contribution in [0.4, 0.5) is 0 Å². The Hall–Kier alpha value is -3.23. The number of tetrazole rings is 1. The van der Waals surface area contributed by atoms with Crippen molar-refractivity contribution in [1.29, 1.82) is 0 Å². The molecule has 0 amide bonds. The molecule has 4 rings (SSSR count). The Morgan fingerprint density at radius 1 is 0.967 bits per heavy atom. The molecule has 0 N–H and O–H groups in total. The van der Waals surface area contributed by atoms with Gasteiger partial charge in [-0.15, -0.1) is 5.10 Å². The second-order valence-electron chi connectivity index (χ2n) is 6.57. The van der Waals surface area contributed by atoms with E-state index in [0.29, 0.717) is 22.3 Å². The molecule has 0 spiro atoms. The molecule has 0 bridgehead atoms. The molecule has 0 aliphatic rings. The van der Waals surface area contributed by atoms with E-state index in [0.717, 1.165) is 17.4 Å². The molecule has 0 saturated carbocycles. The molecule has 9 heteroatoms. The number of rotatable bonds is 6. The van der Waals surface area contributed by atoms with Gasteiger partial charge >= 0.3 is 0 Å². The predicted octanol–water partition coefficient (Wildman–Crippen LogP) is 3.97. The summed E-state index contributed by atoms with van der Waals surface area (Å²) in [7, 11) is -3.27. The molecule has 0 atom stereocenters. The maximum absolute atomic E-state index is 11.6. The summed E-state index contributed by atoms with van der Waals surface area (Å²) in [4.78, 5) is 0.224. The molecule has 3 aromatic carbocycles. The average molecular weight is 441 g/mol. The van der Waals surface area contributed by atoms with E-state index in [2.05, 4.69) is 15.5 Å². The summed E-state index contributed by atoms with van der Waals surface area (Å²) in [6.45, 7) is 0.0885. The van der Waals surface area contributed by atoms with E-state index in [1.54, 1.807) is 18.2 Å². The number of hydrogen-bond acceptors (Lipinski definition) is 6. The lowest BCUT2D eigenvalue weighted by Gasteiger charge is -2.10. The Balaban J connectivity index is 1.51. The van der Waals surface area contributed by atoms with Crippen molar-refractivity contribution in [3.8, 4) is 22.6 Å². The monoisotopic (exact) mass is 440 g/mol. The lowest BCUT2D eigenvalue weighted by Crippen LogP contribution is -2.07. The Labute approximate surface area is 178 Å². The molecular weight excluding hydrogens is 424 g/mol. The third-order valence-electron chi connectivity index (χ3n) is 4.44. The van der Waals surface area contributed by atoms with Crippen molar-refractivity contribution in [1.82, 2.24) is 20.2 Å². The average Bonchev–Trinajstić information content (AvgIpc) is 3.21. The number of halogens is 1. The minimum atomic E-state index is -3.27. The first-order valence-electron chi connectivity index (χ1n) is 8.97. The quantitative estimate of drug-likeness (QED) is 0.451. The Morgan fingerprint density at radius 3 is 2.37 bits per heavy atom. The minimum absolute atomic E-state index is 0.0885. The molecular formula is C21H17ClN4O3S. The third kappa shape index (κ3) is 4.34. The molecule has 0 saturated heterocycles. The van der Waals surface area contributed by atoms with Crippen LogP contribution in [-0.2, 0) is 16.4 Å². The first kappa shape index (κ1) is 20.1. The normalized spacial score (nSPS) is 11.4. The molecule has 4 aromatic rings. The van der Waals surface area contributed by atoms with Gasteiger partial charge in [0.1, 0.15) is 12.4 Å². The fourth-order valence-corrected chi connectivity index (χ4v) is 3.77. The van der Waals surface area contributed by atoms with Crippen LogP contribution in [0.1, 0.15) is 5.82 Å². The second-order valence-corrected chi connectivity index (χ2v) is 9.00. The van der Waals surface area contributed by atoms with Crippen LogP contribution in [0.5, 0.6) is 5.75 Å². The van der Waals surface area contributed by atoms with Gasteiger partial charge in [0.2, 0.25) is 0 Å². The molecule has 30 heavy (non-hydrogen) atoms. The number of sulfone groups is 1. The molecule has 0 aliphatic carbocycles. The van der Waals surface area contributed by atoms with E-state index < -0.39 is 9.84 Å². The summed E-state index contributed by atoms with van der Waals surface area (Å²) in [6, 6.07) is 21.8. The van der Waals surface area contributed by atoms with E-state index in [1.807, 2.05) is 42.5 Å². The standard InChI is InChI=1S/C21H17ClN4O3S/c1-30(27,28)18-10-8-17(9-11-18)26-21(23-24-25-26)14-29-20-12-7-16(13-19(20)22)15-5-3-2-4-6-15/h2-13H,14H2,1H3. The van der Waals surface area contributed by atoms with Gasteiger partial charge in [0.25, 0.3) is 0 Å². The topological polar surface area (TPSA) is 87.0 Å². The summed E-state index contributed by atoms with van der Waals surface area (Å²) < 4.78 is 30.6. The Bertz CT molecular complexity index is 1270. The van der Waals surface area contributed by atoms with Gasteiger partial charge in [-0.05, 0) is 58.0 Å². The fourth-order valence-electron chi connectivity index (χ4n) is 2.90. The van der Waals surface area contributed by atoms with Crippen LogP contribution < -0.4 is 4.74 Å². The van der Waals surface area contributed by atoms with E-state index in [1.165, 1.54) is 16.8 Å². The highest BCUT2D eigenvalue weighted by Crippen LogP contribution is 2.30. The van der Waals surface area contributed by atoms with Crippen molar-refractivity contribution in [3.05, 3.63) is 83.6 Å². The van der Waals surface area contributed by atoms with Crippen LogP contribution in [-0.4, -0.2) is 34.9 Å². The van der Waals surface area contributed by atoms with Crippen molar-refractivity contribution in [3.63, 3.8) is 0 Å². The zero-order valence-electron chi connectivity index (χ0n) is 15.9. The molecule has 0 fully saturated rings. The summed E-state index contributed by atoms with van der Waals surface area (Å²) in [5.41, 5.74) is 2.67. The number of aromatic nitrogens is 4. The maximum atomic E-state index is 11.6. The second kappa shape index (κ2) is 8.25. The van der Waals surface area contributed by atoms with Crippen LogP contribution >= 0.6 is 11.6 Å². The van der Waals surface area contributed by atoms with Gasteiger partial charge in [-0.2, -0.15) is 4.68 Å². The van der Waals surface area contributed by atoms with Crippen molar-refractivity contribution < 1.29 is 13.2 Å². The summed E-state index contributed by atoms with van der Waals surface area (Å²) in [5, 5.41) is 12.1. The van der Waals surface area contributed by atoms with Crippen molar-refractivity contribution in [2.75, 3.05) is 6.26 Å². The highest BCUT2D eigenvalue weighted by atomic mass is 35.5. The van der Waals surface area contributed by atoms with E-state index in [9.17, 15) is 8.42 Å². The highest BCUT2D eigenvalue weighted by Gasteiger charge is 2.13. The SMILES string of the molecule is CS(=O)(=O)c1ccc(-n2nnnc2COc2ccc(-c3ccccc3)cc2Cl)cc1. The fraction of sp³-hybridized carbons (Fsp3) is 0.0952. The summed E-state index contributed by atoms with van der Waals surface area (Å²) >= 11 is 6.40. The molecule has 0 unspecified atom stereocenters. The zero-order valence-corrected chi connectivity index (χ0v) is 17.5. The van der Waals surface area contributed by atoms with Gasteiger partial charge in [0, 0.05) is 6.26 Å². The summed E-state index contributed by atoms with van der Waals surface area (Å²) in [5.74, 6) is 0.962. The molecule has 152 valence electrons. The number of nitrogens with zero attached hydrogens (tertiary/aromatic N) is 4. The van der Waals surface area contributed by atoms with Crippen molar-refractivity contribution in [2.45, 2.75) is 11.5 Å². The van der Waals surface area contributed by atoms with Crippen LogP contribution in [0, 0.1) is 0 Å². The van der Waals surface area contributed by atoms with Gasteiger partial charge < -0.3 is 4.74 Å².